The van der Waals surface area contributed by atoms with Gasteiger partial charge in [0.25, 0.3) is 5.69 Å². The third-order valence-corrected chi connectivity index (χ3v) is 4.69. The highest BCUT2D eigenvalue weighted by atomic mass is 32.1. The predicted octanol–water partition coefficient (Wildman–Crippen LogP) is 3.88. The molecule has 9 heteroatoms. The zero-order valence-electron chi connectivity index (χ0n) is 12.9. The van der Waals surface area contributed by atoms with Crippen molar-refractivity contribution in [2.24, 2.45) is 0 Å². The molecule has 0 aliphatic carbocycles. The summed E-state index contributed by atoms with van der Waals surface area (Å²) in [5, 5.41) is 24.3. The SMILES string of the molecule is Cc1ccc(-c2nn3c(-c4ccc(F)cc4)nnc3s2)cc1[N+](=O)[O-]. The standard InChI is InChI=1S/C16H10FN5O2S/c1-9-2-3-11(8-13(9)22(23)24)15-20-21-14(18-19-16(21)25-15)10-4-6-12(17)7-5-10/h2-8H,1H3. The number of nitro benzene ring substituents is 1. The molecule has 0 bridgehead atoms. The lowest BCUT2D eigenvalue weighted by molar-refractivity contribution is -0.385. The van der Waals surface area contributed by atoms with Crippen molar-refractivity contribution in [1.82, 2.24) is 19.8 Å². The zero-order chi connectivity index (χ0) is 17.6. The Morgan fingerprint density at radius 2 is 1.84 bits per heavy atom. The van der Waals surface area contributed by atoms with Crippen LogP contribution in [0.15, 0.2) is 42.5 Å². The number of nitro groups is 1. The number of fused-ring (bicyclic) bond motifs is 1. The van der Waals surface area contributed by atoms with Gasteiger partial charge in [-0.3, -0.25) is 10.1 Å². The molecule has 25 heavy (non-hydrogen) atoms. The first-order chi connectivity index (χ1) is 12.0. The molecule has 7 nitrogen and oxygen atoms in total. The maximum Gasteiger partial charge on any atom is 0.273 e. The zero-order valence-corrected chi connectivity index (χ0v) is 13.7. The number of nitrogens with zero attached hydrogens (tertiary/aromatic N) is 5. The molecule has 0 N–H and O–H groups in total. The molecule has 0 radical (unpaired) electrons. The molecule has 2 heterocycles. The van der Waals surface area contributed by atoms with Gasteiger partial charge in [0.15, 0.2) is 5.82 Å². The van der Waals surface area contributed by atoms with Crippen molar-refractivity contribution >= 4 is 22.0 Å². The second-order valence-corrected chi connectivity index (χ2v) is 6.35. The average molecular weight is 355 g/mol. The number of benzene rings is 2. The van der Waals surface area contributed by atoms with Gasteiger partial charge in [0.05, 0.1) is 4.92 Å². The molecule has 0 aliphatic heterocycles. The Labute approximate surface area is 144 Å². The first kappa shape index (κ1) is 15.3. The highest BCUT2D eigenvalue weighted by molar-refractivity contribution is 7.19. The van der Waals surface area contributed by atoms with Gasteiger partial charge in [0, 0.05) is 22.8 Å². The van der Waals surface area contributed by atoms with E-state index in [0.717, 1.165) is 0 Å². The highest BCUT2D eigenvalue weighted by Gasteiger charge is 2.17. The van der Waals surface area contributed by atoms with Crippen LogP contribution in [0.1, 0.15) is 5.56 Å². The summed E-state index contributed by atoms with van der Waals surface area (Å²) in [5.74, 6) is 0.148. The molecule has 0 unspecified atom stereocenters. The number of rotatable bonds is 3. The molecular weight excluding hydrogens is 345 g/mol. The summed E-state index contributed by atoms with van der Waals surface area (Å²) < 4.78 is 14.6. The van der Waals surface area contributed by atoms with Crippen LogP contribution in [0, 0.1) is 22.9 Å². The topological polar surface area (TPSA) is 86.2 Å². The van der Waals surface area contributed by atoms with Gasteiger partial charge in [-0.25, -0.2) is 4.39 Å². The van der Waals surface area contributed by atoms with Crippen LogP contribution in [0.3, 0.4) is 0 Å². The molecule has 2 aromatic carbocycles. The Morgan fingerprint density at radius 1 is 1.12 bits per heavy atom. The Balaban J connectivity index is 1.82. The first-order valence-electron chi connectivity index (χ1n) is 7.26. The summed E-state index contributed by atoms with van der Waals surface area (Å²) in [4.78, 5) is 11.3. The predicted molar refractivity (Wildman–Crippen MR) is 90.9 cm³/mol. The molecule has 0 fully saturated rings. The van der Waals surface area contributed by atoms with E-state index in [1.165, 1.54) is 29.5 Å². The van der Waals surface area contributed by atoms with Crippen LogP contribution < -0.4 is 0 Å². The van der Waals surface area contributed by atoms with E-state index in [9.17, 15) is 14.5 Å². The van der Waals surface area contributed by atoms with E-state index in [-0.39, 0.29) is 11.5 Å². The van der Waals surface area contributed by atoms with Crippen LogP contribution in [0.4, 0.5) is 10.1 Å². The van der Waals surface area contributed by atoms with E-state index in [1.807, 2.05) is 0 Å². The van der Waals surface area contributed by atoms with Gasteiger partial charge in [0.1, 0.15) is 10.8 Å². The lowest BCUT2D eigenvalue weighted by Gasteiger charge is -2.00. The summed E-state index contributed by atoms with van der Waals surface area (Å²) in [7, 11) is 0. The number of aromatic nitrogens is 4. The van der Waals surface area contributed by atoms with Crippen LogP contribution >= 0.6 is 11.3 Å². The maximum absolute atomic E-state index is 13.1. The molecular formula is C16H10FN5O2S. The van der Waals surface area contributed by atoms with Crippen LogP contribution in [0.25, 0.3) is 26.9 Å². The molecule has 0 atom stereocenters. The maximum atomic E-state index is 13.1. The summed E-state index contributed by atoms with van der Waals surface area (Å²) in [6.45, 7) is 1.69. The van der Waals surface area contributed by atoms with Gasteiger partial charge < -0.3 is 0 Å². The largest absolute Gasteiger partial charge is 0.273 e. The van der Waals surface area contributed by atoms with Crippen molar-refractivity contribution in [2.45, 2.75) is 6.92 Å². The molecule has 0 saturated carbocycles. The summed E-state index contributed by atoms with van der Waals surface area (Å²) in [6, 6.07) is 10.9. The number of hydrogen-bond donors (Lipinski definition) is 0. The minimum absolute atomic E-state index is 0.0437. The van der Waals surface area contributed by atoms with Crippen LogP contribution in [-0.2, 0) is 0 Å². The van der Waals surface area contributed by atoms with Crippen molar-refractivity contribution < 1.29 is 9.31 Å². The van der Waals surface area contributed by atoms with Crippen LogP contribution in [0.2, 0.25) is 0 Å². The van der Waals surface area contributed by atoms with Crippen molar-refractivity contribution in [3.8, 4) is 22.0 Å². The Morgan fingerprint density at radius 3 is 2.56 bits per heavy atom. The van der Waals surface area contributed by atoms with E-state index >= 15 is 0 Å². The first-order valence-corrected chi connectivity index (χ1v) is 8.08. The van der Waals surface area contributed by atoms with Gasteiger partial charge >= 0.3 is 0 Å². The van der Waals surface area contributed by atoms with E-state index < -0.39 is 4.92 Å². The summed E-state index contributed by atoms with van der Waals surface area (Å²) in [6.07, 6.45) is 0. The van der Waals surface area contributed by atoms with Gasteiger partial charge in [0.2, 0.25) is 4.96 Å². The van der Waals surface area contributed by atoms with Crippen molar-refractivity contribution in [3.05, 3.63) is 64.0 Å². The number of hydrogen-bond acceptors (Lipinski definition) is 6. The van der Waals surface area contributed by atoms with Gasteiger partial charge in [-0.2, -0.15) is 9.61 Å². The molecule has 0 aliphatic rings. The third-order valence-electron chi connectivity index (χ3n) is 3.75. The summed E-state index contributed by atoms with van der Waals surface area (Å²) >= 11 is 1.28. The van der Waals surface area contributed by atoms with Gasteiger partial charge in [-0.1, -0.05) is 23.5 Å². The smallest absolute Gasteiger partial charge is 0.258 e. The number of halogens is 1. The average Bonchev–Trinajstić information content (AvgIpc) is 3.16. The van der Waals surface area contributed by atoms with Crippen molar-refractivity contribution in [1.29, 1.82) is 0 Å². The molecule has 2 aromatic heterocycles. The normalized spacial score (nSPS) is 11.1. The minimum Gasteiger partial charge on any atom is -0.258 e. The Hall–Kier alpha value is -3.20. The molecule has 124 valence electrons. The second-order valence-electron chi connectivity index (χ2n) is 5.39. The molecule has 0 spiro atoms. The van der Waals surface area contributed by atoms with E-state index in [2.05, 4.69) is 15.3 Å². The fraction of sp³-hybridized carbons (Fsp3) is 0.0625. The summed E-state index contributed by atoms with van der Waals surface area (Å²) in [5.41, 5.74) is 1.95. The Kier molecular flexibility index (Phi) is 3.50. The lowest BCUT2D eigenvalue weighted by Crippen LogP contribution is -1.93. The fourth-order valence-electron chi connectivity index (χ4n) is 2.45. The molecule has 0 amide bonds. The number of aryl methyl sites for hydroxylation is 1. The lowest BCUT2D eigenvalue weighted by atomic mass is 10.1. The van der Waals surface area contributed by atoms with Gasteiger partial charge in [-0.15, -0.1) is 10.2 Å². The highest BCUT2D eigenvalue weighted by Crippen LogP contribution is 2.31. The van der Waals surface area contributed by atoms with Crippen LogP contribution in [0.5, 0.6) is 0 Å². The van der Waals surface area contributed by atoms with E-state index in [4.69, 9.17) is 0 Å². The molecule has 0 saturated heterocycles. The Bertz CT molecular complexity index is 1100. The van der Waals surface area contributed by atoms with Gasteiger partial charge in [-0.05, 0) is 31.2 Å². The molecule has 4 rings (SSSR count). The minimum atomic E-state index is -0.414. The molecule has 4 aromatic rings. The third kappa shape index (κ3) is 2.64. The van der Waals surface area contributed by atoms with Crippen molar-refractivity contribution in [2.75, 3.05) is 0 Å². The quantitative estimate of drug-likeness (QED) is 0.411. The van der Waals surface area contributed by atoms with E-state index in [0.29, 0.717) is 32.5 Å². The van der Waals surface area contributed by atoms with Crippen LogP contribution in [-0.4, -0.2) is 24.7 Å². The van der Waals surface area contributed by atoms with Crippen molar-refractivity contribution in [3.63, 3.8) is 0 Å². The monoisotopic (exact) mass is 355 g/mol. The van der Waals surface area contributed by atoms with E-state index in [1.54, 1.807) is 35.7 Å². The second kappa shape index (κ2) is 5.71. The fourth-order valence-corrected chi connectivity index (χ4v) is 3.29.